The van der Waals surface area contributed by atoms with E-state index in [0.29, 0.717) is 22.9 Å². The van der Waals surface area contributed by atoms with Gasteiger partial charge in [-0.3, -0.25) is 9.52 Å². The summed E-state index contributed by atoms with van der Waals surface area (Å²) in [6.45, 7) is 0. The number of carbonyl (C=O) groups excluding carboxylic acids is 1. The predicted octanol–water partition coefficient (Wildman–Crippen LogP) is 3.75. The van der Waals surface area contributed by atoms with E-state index in [-0.39, 0.29) is 24.2 Å². The lowest BCUT2D eigenvalue weighted by atomic mass is 9.97. The largest absolute Gasteiger partial charge is 0.486 e. The molecule has 1 N–H and O–H groups in total. The highest BCUT2D eigenvalue weighted by Crippen LogP contribution is 2.41. The molecule has 1 amide bonds. The monoisotopic (exact) mass is 475 g/mol. The highest BCUT2D eigenvalue weighted by Gasteiger charge is 2.31. The minimum Gasteiger partial charge on any atom is -0.486 e. The van der Waals surface area contributed by atoms with E-state index in [1.807, 2.05) is 53.3 Å². The van der Waals surface area contributed by atoms with Crippen LogP contribution in [0.25, 0.3) is 0 Å². The number of nitrogens with one attached hydrogen (secondary N) is 1. The van der Waals surface area contributed by atoms with Gasteiger partial charge in [-0.2, -0.15) is 5.26 Å². The number of fused-ring (bicyclic) bond motifs is 1. The Morgan fingerprint density at radius 3 is 2.62 bits per heavy atom. The Morgan fingerprint density at radius 2 is 1.91 bits per heavy atom. The molecular formula is C25H21N3O5S. The third kappa shape index (κ3) is 4.58. The fourth-order valence-corrected chi connectivity index (χ4v) is 5.78. The summed E-state index contributed by atoms with van der Waals surface area (Å²) in [6, 6.07) is 18.5. The van der Waals surface area contributed by atoms with Crippen LogP contribution in [0.3, 0.4) is 0 Å². The summed E-state index contributed by atoms with van der Waals surface area (Å²) in [4.78, 5) is 15.9. The first-order valence-corrected chi connectivity index (χ1v) is 12.5. The van der Waals surface area contributed by atoms with Gasteiger partial charge in [0.05, 0.1) is 11.3 Å². The number of amides is 1. The number of nitrogens with zero attached hydrogens (tertiary/aromatic N) is 2. The normalized spacial score (nSPS) is 20.6. The van der Waals surface area contributed by atoms with E-state index in [1.165, 1.54) is 6.20 Å². The molecule has 1 aliphatic heterocycles. The molecule has 2 aromatic carbocycles. The van der Waals surface area contributed by atoms with Crippen LogP contribution in [0.5, 0.6) is 17.4 Å². The zero-order valence-electron chi connectivity index (χ0n) is 18.1. The summed E-state index contributed by atoms with van der Waals surface area (Å²) < 4.78 is 37.9. The lowest BCUT2D eigenvalue weighted by Gasteiger charge is -2.23. The van der Waals surface area contributed by atoms with Gasteiger partial charge in [0.1, 0.15) is 23.7 Å². The summed E-state index contributed by atoms with van der Waals surface area (Å²) in [5.41, 5.74) is 3.38. The SMILES string of the molecule is N#Cc1ccc(Oc2cccc3c2CC[C@H]3Oc2ccc(C3CC(=O)NS(=O)(=O)C3)cc2)nc1. The van der Waals surface area contributed by atoms with Crippen molar-refractivity contribution in [3.63, 3.8) is 0 Å². The number of ether oxygens (including phenoxy) is 2. The van der Waals surface area contributed by atoms with Crippen molar-refractivity contribution in [1.82, 2.24) is 9.71 Å². The maximum absolute atomic E-state index is 11.8. The smallest absolute Gasteiger partial charge is 0.235 e. The minimum absolute atomic E-state index is 0.105. The van der Waals surface area contributed by atoms with Crippen LogP contribution in [-0.4, -0.2) is 25.1 Å². The standard InChI is InChI=1S/C25H21N3O5S/c26-13-16-4-11-25(27-14-16)33-22-3-1-2-20-21(22)9-10-23(20)32-19-7-5-17(6-8-19)18-12-24(29)28-34(30,31)15-18/h1-8,11,14,18,23H,9-10,12,15H2,(H,28,29)/t18?,23-/m1/s1. The van der Waals surface area contributed by atoms with Gasteiger partial charge in [0.15, 0.2) is 0 Å². The van der Waals surface area contributed by atoms with Crippen LogP contribution in [0.15, 0.2) is 60.8 Å². The summed E-state index contributed by atoms with van der Waals surface area (Å²) in [7, 11) is -3.58. The van der Waals surface area contributed by atoms with Crippen molar-refractivity contribution in [1.29, 1.82) is 5.26 Å². The lowest BCUT2D eigenvalue weighted by molar-refractivity contribution is -0.119. The molecule has 0 spiro atoms. The highest BCUT2D eigenvalue weighted by molar-refractivity contribution is 7.90. The molecule has 1 saturated heterocycles. The van der Waals surface area contributed by atoms with E-state index in [1.54, 1.807) is 12.1 Å². The highest BCUT2D eigenvalue weighted by atomic mass is 32.2. The molecule has 1 fully saturated rings. The molecule has 0 radical (unpaired) electrons. The molecule has 0 saturated carbocycles. The van der Waals surface area contributed by atoms with Gasteiger partial charge in [0.25, 0.3) is 0 Å². The predicted molar refractivity (Wildman–Crippen MR) is 123 cm³/mol. The van der Waals surface area contributed by atoms with Crippen LogP contribution in [-0.2, 0) is 21.2 Å². The number of nitriles is 1. The average Bonchev–Trinajstić information content (AvgIpc) is 3.22. The number of aromatic nitrogens is 1. The number of benzene rings is 2. The molecule has 34 heavy (non-hydrogen) atoms. The van der Waals surface area contributed by atoms with Gasteiger partial charge >= 0.3 is 0 Å². The third-order valence-electron chi connectivity index (χ3n) is 6.00. The Morgan fingerprint density at radius 1 is 1.09 bits per heavy atom. The molecule has 2 aliphatic rings. The van der Waals surface area contributed by atoms with Crippen LogP contribution in [0, 0.1) is 11.3 Å². The van der Waals surface area contributed by atoms with Crippen LogP contribution in [0.1, 0.15) is 47.1 Å². The van der Waals surface area contributed by atoms with E-state index in [2.05, 4.69) is 4.98 Å². The number of hydrogen-bond acceptors (Lipinski definition) is 7. The molecule has 1 aliphatic carbocycles. The topological polar surface area (TPSA) is 118 Å². The Hall–Kier alpha value is -3.90. The number of pyridine rings is 1. The van der Waals surface area contributed by atoms with Crippen molar-refractivity contribution in [2.75, 3.05) is 5.75 Å². The quantitative estimate of drug-likeness (QED) is 0.597. The van der Waals surface area contributed by atoms with E-state index in [9.17, 15) is 13.2 Å². The maximum Gasteiger partial charge on any atom is 0.235 e. The van der Waals surface area contributed by atoms with Gasteiger partial charge in [-0.15, -0.1) is 0 Å². The Balaban J connectivity index is 1.29. The van der Waals surface area contributed by atoms with Crippen LogP contribution < -0.4 is 14.2 Å². The van der Waals surface area contributed by atoms with E-state index < -0.39 is 15.9 Å². The fraction of sp³-hybridized carbons (Fsp3) is 0.240. The van der Waals surface area contributed by atoms with Crippen molar-refractivity contribution in [3.8, 4) is 23.4 Å². The van der Waals surface area contributed by atoms with Gasteiger partial charge < -0.3 is 9.47 Å². The van der Waals surface area contributed by atoms with E-state index >= 15 is 0 Å². The zero-order valence-corrected chi connectivity index (χ0v) is 18.9. The number of rotatable bonds is 5. The summed E-state index contributed by atoms with van der Waals surface area (Å²) in [5, 5.41) is 8.92. The number of carbonyl (C=O) groups is 1. The van der Waals surface area contributed by atoms with Gasteiger partial charge in [-0.1, -0.05) is 24.3 Å². The number of sulfonamides is 1. The second-order valence-electron chi connectivity index (χ2n) is 8.34. The van der Waals surface area contributed by atoms with Gasteiger partial charge in [-0.05, 0) is 48.2 Å². The molecule has 3 aromatic rings. The molecule has 9 heteroatoms. The lowest BCUT2D eigenvalue weighted by Crippen LogP contribution is -2.40. The van der Waals surface area contributed by atoms with E-state index in [0.717, 1.165) is 29.5 Å². The summed E-state index contributed by atoms with van der Waals surface area (Å²) in [5.74, 6) is 0.860. The Labute approximate surface area is 197 Å². The summed E-state index contributed by atoms with van der Waals surface area (Å²) >= 11 is 0. The molecule has 172 valence electrons. The molecule has 0 bridgehead atoms. The molecule has 8 nitrogen and oxygen atoms in total. The van der Waals surface area contributed by atoms with Crippen molar-refractivity contribution >= 4 is 15.9 Å². The average molecular weight is 476 g/mol. The van der Waals surface area contributed by atoms with Crippen LogP contribution >= 0.6 is 0 Å². The van der Waals surface area contributed by atoms with Gasteiger partial charge in [-0.25, -0.2) is 13.4 Å². The van der Waals surface area contributed by atoms with Crippen LogP contribution in [0.2, 0.25) is 0 Å². The maximum atomic E-state index is 11.8. The third-order valence-corrected chi connectivity index (χ3v) is 7.38. The zero-order chi connectivity index (χ0) is 23.7. The first-order valence-electron chi connectivity index (χ1n) is 10.9. The van der Waals surface area contributed by atoms with Crippen molar-refractivity contribution < 1.29 is 22.7 Å². The molecule has 2 atom stereocenters. The molecule has 5 rings (SSSR count). The molecular weight excluding hydrogens is 454 g/mol. The van der Waals surface area contributed by atoms with Crippen molar-refractivity contribution in [2.24, 2.45) is 0 Å². The van der Waals surface area contributed by atoms with Crippen LogP contribution in [0.4, 0.5) is 0 Å². The van der Waals surface area contributed by atoms with Gasteiger partial charge in [0, 0.05) is 30.2 Å². The molecule has 1 unspecified atom stereocenters. The van der Waals surface area contributed by atoms with Crippen molar-refractivity contribution in [2.45, 2.75) is 31.3 Å². The second kappa shape index (κ2) is 8.80. The Kier molecular flexibility index (Phi) is 5.67. The second-order valence-corrected chi connectivity index (χ2v) is 10.1. The van der Waals surface area contributed by atoms with Crippen molar-refractivity contribution in [3.05, 3.63) is 83.0 Å². The number of hydrogen-bond donors (Lipinski definition) is 1. The Bertz CT molecular complexity index is 1380. The summed E-state index contributed by atoms with van der Waals surface area (Å²) in [6.07, 6.45) is 3.06. The van der Waals surface area contributed by atoms with Gasteiger partial charge in [0.2, 0.25) is 21.8 Å². The fourth-order valence-electron chi connectivity index (χ4n) is 4.42. The molecule has 2 heterocycles. The molecule has 1 aromatic heterocycles. The van der Waals surface area contributed by atoms with E-state index in [4.69, 9.17) is 14.7 Å². The minimum atomic E-state index is -3.58. The first-order chi connectivity index (χ1) is 16.4. The first kappa shape index (κ1) is 21.9.